The fourth-order valence-corrected chi connectivity index (χ4v) is 1.30. The molecule has 1 aromatic rings. The number of rotatable bonds is 3. The van der Waals surface area contributed by atoms with Crippen LogP contribution in [0.25, 0.3) is 0 Å². The Hall–Kier alpha value is -0.625. The molecule has 63 valence electrons. The highest BCUT2D eigenvalue weighted by Crippen LogP contribution is 2.10. The van der Waals surface area contributed by atoms with Crippen molar-refractivity contribution < 1.29 is 0 Å². The van der Waals surface area contributed by atoms with Gasteiger partial charge >= 0.3 is 0 Å². The summed E-state index contributed by atoms with van der Waals surface area (Å²) in [5, 5.41) is 4.05. The van der Waals surface area contributed by atoms with Crippen LogP contribution in [0.1, 0.15) is 6.92 Å². The molecular weight excluding hydrogens is 168 g/mol. The molecule has 0 heterocycles. The Bertz CT molecular complexity index is 263. The third-order valence-corrected chi connectivity index (χ3v) is 1.93. The Kier molecular flexibility index (Phi) is 3.48. The molecule has 0 fully saturated rings. The molecule has 1 rings (SSSR count). The lowest BCUT2D eigenvalue weighted by atomic mass is 9.72. The lowest BCUT2D eigenvalue weighted by Crippen LogP contribution is -2.17. The van der Waals surface area contributed by atoms with Crippen molar-refractivity contribution in [1.29, 1.82) is 0 Å². The van der Waals surface area contributed by atoms with Crippen LogP contribution in [-0.2, 0) is 0 Å². The first kappa shape index (κ1) is 9.46. The van der Waals surface area contributed by atoms with Crippen LogP contribution in [0.4, 0.5) is 5.69 Å². The van der Waals surface area contributed by atoms with E-state index in [1.807, 2.05) is 32.3 Å². The zero-order valence-electron chi connectivity index (χ0n) is 7.39. The zero-order chi connectivity index (χ0) is 8.97. The predicted molar refractivity (Wildman–Crippen MR) is 56.9 cm³/mol. The molecule has 0 aliphatic heterocycles. The first-order valence-electron chi connectivity index (χ1n) is 4.10. The number of anilines is 1. The number of halogens is 1. The number of hydrogen-bond acceptors (Lipinski definition) is 1. The molecule has 1 nitrogen and oxygen atoms in total. The Morgan fingerprint density at radius 3 is 2.83 bits per heavy atom. The molecule has 0 aliphatic carbocycles. The second kappa shape index (κ2) is 4.41. The number of nitrogens with one attached hydrogen (secondary N) is 1. The van der Waals surface area contributed by atoms with Gasteiger partial charge in [0.05, 0.1) is 0 Å². The first-order chi connectivity index (χ1) is 5.77. The number of hydrogen-bond donors (Lipinski definition) is 1. The molecule has 0 saturated carbocycles. The van der Waals surface area contributed by atoms with Crippen LogP contribution in [0.15, 0.2) is 18.2 Å². The summed E-state index contributed by atoms with van der Waals surface area (Å²) in [6, 6.07) is 5.85. The minimum absolute atomic E-state index is 0.782. The molecule has 1 N–H and O–H groups in total. The van der Waals surface area contributed by atoms with Crippen molar-refractivity contribution in [2.45, 2.75) is 13.7 Å². The summed E-state index contributed by atoms with van der Waals surface area (Å²) < 4.78 is 0. The average molecular weight is 180 g/mol. The van der Waals surface area contributed by atoms with Crippen molar-refractivity contribution in [2.75, 3.05) is 11.9 Å². The lowest BCUT2D eigenvalue weighted by molar-refractivity contribution is 1.22. The van der Waals surface area contributed by atoms with Crippen molar-refractivity contribution in [3.8, 4) is 0 Å². The summed E-state index contributed by atoms with van der Waals surface area (Å²) in [6.45, 7) is 5.02. The molecule has 1 aromatic carbocycles. The maximum absolute atomic E-state index is 5.85. The van der Waals surface area contributed by atoms with Gasteiger partial charge in [-0.15, -0.1) is 0 Å². The quantitative estimate of drug-likeness (QED) is 0.703. The van der Waals surface area contributed by atoms with E-state index in [1.165, 1.54) is 0 Å². The Morgan fingerprint density at radius 2 is 2.25 bits per heavy atom. The van der Waals surface area contributed by atoms with Crippen molar-refractivity contribution in [3.05, 3.63) is 23.2 Å². The van der Waals surface area contributed by atoms with Gasteiger partial charge in [0.1, 0.15) is 0 Å². The van der Waals surface area contributed by atoms with Crippen LogP contribution in [0.5, 0.6) is 0 Å². The van der Waals surface area contributed by atoms with Crippen LogP contribution in [0, 0.1) is 0 Å². The highest BCUT2D eigenvalue weighted by molar-refractivity contribution is 6.54. The van der Waals surface area contributed by atoms with Gasteiger partial charge < -0.3 is 5.32 Å². The SMILES string of the molecule is C[B]c1cc(Cl)ccc1NCC. The molecule has 0 amide bonds. The monoisotopic (exact) mass is 180 g/mol. The predicted octanol–water partition coefficient (Wildman–Crippen LogP) is 2.15. The molecule has 0 bridgehead atoms. The van der Waals surface area contributed by atoms with Crippen molar-refractivity contribution in [2.24, 2.45) is 0 Å². The molecule has 3 heteroatoms. The Morgan fingerprint density at radius 1 is 1.50 bits per heavy atom. The van der Waals surface area contributed by atoms with E-state index in [0.717, 1.165) is 22.7 Å². The van der Waals surface area contributed by atoms with Gasteiger partial charge in [-0.25, -0.2) is 0 Å². The molecule has 12 heavy (non-hydrogen) atoms. The molecule has 0 aromatic heterocycles. The fraction of sp³-hybridized carbons (Fsp3) is 0.333. The summed E-state index contributed by atoms with van der Waals surface area (Å²) >= 11 is 5.85. The van der Waals surface area contributed by atoms with E-state index in [0.29, 0.717) is 0 Å². The van der Waals surface area contributed by atoms with E-state index >= 15 is 0 Å². The van der Waals surface area contributed by atoms with E-state index in [1.54, 1.807) is 0 Å². The maximum Gasteiger partial charge on any atom is 0.151 e. The molecule has 0 aliphatic rings. The summed E-state index contributed by atoms with van der Waals surface area (Å²) in [6.07, 6.45) is 0. The second-order valence-electron chi connectivity index (χ2n) is 2.55. The van der Waals surface area contributed by atoms with Gasteiger partial charge in [-0.05, 0) is 25.1 Å². The van der Waals surface area contributed by atoms with Crippen LogP contribution in [-0.4, -0.2) is 13.8 Å². The molecule has 0 saturated heterocycles. The molecule has 1 radical (unpaired) electrons. The second-order valence-corrected chi connectivity index (χ2v) is 2.99. The Labute approximate surface area is 79.4 Å². The van der Waals surface area contributed by atoms with Gasteiger partial charge in [0.15, 0.2) is 7.28 Å². The van der Waals surface area contributed by atoms with E-state index in [4.69, 9.17) is 11.6 Å². The van der Waals surface area contributed by atoms with Crippen LogP contribution in [0.3, 0.4) is 0 Å². The summed E-state index contributed by atoms with van der Waals surface area (Å²) in [5.41, 5.74) is 2.30. The maximum atomic E-state index is 5.85. The normalized spacial score (nSPS) is 9.58. The largest absolute Gasteiger partial charge is 0.386 e. The van der Waals surface area contributed by atoms with Crippen molar-refractivity contribution in [1.82, 2.24) is 0 Å². The average Bonchev–Trinajstić information content (AvgIpc) is 2.08. The van der Waals surface area contributed by atoms with Gasteiger partial charge in [0.25, 0.3) is 0 Å². The van der Waals surface area contributed by atoms with E-state index in [2.05, 4.69) is 12.2 Å². The van der Waals surface area contributed by atoms with Crippen molar-refractivity contribution >= 4 is 30.0 Å². The summed E-state index contributed by atoms with van der Waals surface area (Å²) in [4.78, 5) is 0. The summed E-state index contributed by atoms with van der Waals surface area (Å²) in [7, 11) is 2.05. The highest BCUT2D eigenvalue weighted by atomic mass is 35.5. The molecule has 0 atom stereocenters. The zero-order valence-corrected chi connectivity index (χ0v) is 8.15. The number of benzene rings is 1. The third-order valence-electron chi connectivity index (χ3n) is 1.69. The smallest absolute Gasteiger partial charge is 0.151 e. The minimum atomic E-state index is 0.782. The first-order valence-corrected chi connectivity index (χ1v) is 4.48. The molecular formula is C9H12BClN. The fourth-order valence-electron chi connectivity index (χ4n) is 1.12. The van der Waals surface area contributed by atoms with Gasteiger partial charge in [-0.1, -0.05) is 23.9 Å². The van der Waals surface area contributed by atoms with E-state index in [-0.39, 0.29) is 0 Å². The third kappa shape index (κ3) is 2.18. The van der Waals surface area contributed by atoms with Crippen LogP contribution >= 0.6 is 11.6 Å². The van der Waals surface area contributed by atoms with Gasteiger partial charge in [-0.3, -0.25) is 0 Å². The minimum Gasteiger partial charge on any atom is -0.386 e. The molecule has 0 spiro atoms. The topological polar surface area (TPSA) is 12.0 Å². The van der Waals surface area contributed by atoms with Crippen molar-refractivity contribution in [3.63, 3.8) is 0 Å². The van der Waals surface area contributed by atoms with E-state index < -0.39 is 0 Å². The highest BCUT2D eigenvalue weighted by Gasteiger charge is 1.99. The van der Waals surface area contributed by atoms with Gasteiger partial charge in [0, 0.05) is 17.3 Å². The Balaban J connectivity index is 2.94. The lowest BCUT2D eigenvalue weighted by Gasteiger charge is -2.08. The van der Waals surface area contributed by atoms with E-state index in [9.17, 15) is 0 Å². The van der Waals surface area contributed by atoms with Gasteiger partial charge in [0.2, 0.25) is 0 Å². The standard InChI is InChI=1S/C9H12BClN/c1-3-12-9-5-4-7(11)6-8(9)10-2/h4-6,12H,3H2,1-2H3. The van der Waals surface area contributed by atoms with Gasteiger partial charge in [-0.2, -0.15) is 0 Å². The van der Waals surface area contributed by atoms with Crippen LogP contribution in [0.2, 0.25) is 11.8 Å². The summed E-state index contributed by atoms with van der Waals surface area (Å²) in [5.74, 6) is 0. The molecule has 0 unspecified atom stereocenters. The van der Waals surface area contributed by atoms with Crippen LogP contribution < -0.4 is 10.8 Å².